The molecule has 1 aromatic heterocycles. The number of nitrogens with one attached hydrogen (secondary N) is 1. The van der Waals surface area contributed by atoms with Crippen molar-refractivity contribution in [2.75, 3.05) is 0 Å². The van der Waals surface area contributed by atoms with E-state index in [1.807, 2.05) is 0 Å². The summed E-state index contributed by atoms with van der Waals surface area (Å²) in [4.78, 5) is 0. The highest BCUT2D eigenvalue weighted by Crippen LogP contribution is 2.20. The molecule has 0 atom stereocenters. The van der Waals surface area contributed by atoms with Crippen molar-refractivity contribution in [3.05, 3.63) is 17.5 Å². The molecule has 0 saturated heterocycles. The van der Waals surface area contributed by atoms with Gasteiger partial charge >= 0.3 is 6.18 Å². The third-order valence-corrected chi connectivity index (χ3v) is 1.24. The van der Waals surface area contributed by atoms with E-state index in [1.165, 1.54) is 6.07 Å². The van der Waals surface area contributed by atoms with Crippen LogP contribution in [0.2, 0.25) is 0 Å². The van der Waals surface area contributed by atoms with E-state index in [9.17, 15) is 13.2 Å². The molecule has 0 spiro atoms. The molecule has 68 valence electrons. The summed E-state index contributed by atoms with van der Waals surface area (Å²) in [5, 5.41) is 14.1. The molecule has 1 aromatic rings. The van der Waals surface area contributed by atoms with Crippen LogP contribution in [0.5, 0.6) is 0 Å². The minimum atomic E-state index is -4.25. The monoisotopic (exact) mass is 180 g/mol. The van der Waals surface area contributed by atoms with E-state index in [1.54, 1.807) is 0 Å². The number of aliphatic hydroxyl groups is 1. The van der Waals surface area contributed by atoms with Crippen LogP contribution >= 0.6 is 0 Å². The molecule has 2 N–H and O–H groups in total. The van der Waals surface area contributed by atoms with Gasteiger partial charge in [-0.15, -0.1) is 0 Å². The lowest BCUT2D eigenvalue weighted by Gasteiger charge is -2.01. The number of rotatable bonds is 2. The molecule has 3 nitrogen and oxygen atoms in total. The van der Waals surface area contributed by atoms with Crippen molar-refractivity contribution < 1.29 is 18.3 Å². The van der Waals surface area contributed by atoms with Gasteiger partial charge in [-0.2, -0.15) is 18.3 Å². The Morgan fingerprint density at radius 2 is 2.17 bits per heavy atom. The van der Waals surface area contributed by atoms with Gasteiger partial charge in [0, 0.05) is 0 Å². The summed E-state index contributed by atoms with van der Waals surface area (Å²) in [5.41, 5.74) is 0.181. The molecular formula is C6H7F3N2O. The zero-order valence-corrected chi connectivity index (χ0v) is 6.02. The number of hydrogen-bond acceptors (Lipinski definition) is 2. The van der Waals surface area contributed by atoms with Gasteiger partial charge in [0.05, 0.1) is 24.4 Å². The molecule has 6 heteroatoms. The fourth-order valence-electron chi connectivity index (χ4n) is 0.786. The van der Waals surface area contributed by atoms with Gasteiger partial charge in [0.1, 0.15) is 0 Å². The molecule has 0 aromatic carbocycles. The van der Waals surface area contributed by atoms with E-state index in [0.29, 0.717) is 0 Å². The van der Waals surface area contributed by atoms with Crippen LogP contribution < -0.4 is 0 Å². The summed E-state index contributed by atoms with van der Waals surface area (Å²) in [6.07, 6.45) is -5.31. The summed E-state index contributed by atoms with van der Waals surface area (Å²) >= 11 is 0. The number of aliphatic hydroxyl groups excluding tert-OH is 1. The van der Waals surface area contributed by atoms with Gasteiger partial charge in [-0.05, 0) is 6.07 Å². The maximum atomic E-state index is 11.7. The third-order valence-electron chi connectivity index (χ3n) is 1.24. The molecule has 1 heterocycles. The van der Waals surface area contributed by atoms with Crippen molar-refractivity contribution in [2.24, 2.45) is 0 Å². The van der Waals surface area contributed by atoms with E-state index in [4.69, 9.17) is 5.11 Å². The Kier molecular flexibility index (Phi) is 2.37. The van der Waals surface area contributed by atoms with Crippen LogP contribution in [0, 0.1) is 0 Å². The van der Waals surface area contributed by atoms with Crippen LogP contribution in [0.15, 0.2) is 6.07 Å². The van der Waals surface area contributed by atoms with Crippen LogP contribution in [0.3, 0.4) is 0 Å². The Morgan fingerprint density at radius 1 is 1.50 bits per heavy atom. The lowest BCUT2D eigenvalue weighted by Crippen LogP contribution is -2.11. The topological polar surface area (TPSA) is 48.9 Å². The first-order valence-electron chi connectivity index (χ1n) is 3.22. The van der Waals surface area contributed by atoms with Crippen LogP contribution in [0.1, 0.15) is 11.4 Å². The Morgan fingerprint density at radius 3 is 2.58 bits per heavy atom. The molecule has 0 aliphatic carbocycles. The first kappa shape index (κ1) is 9.05. The molecule has 0 aliphatic heterocycles. The molecule has 12 heavy (non-hydrogen) atoms. The van der Waals surface area contributed by atoms with Gasteiger partial charge in [-0.3, -0.25) is 5.10 Å². The van der Waals surface area contributed by atoms with Crippen LogP contribution in [-0.2, 0) is 13.0 Å². The predicted molar refractivity (Wildman–Crippen MR) is 34.3 cm³/mol. The number of hydrogen-bond donors (Lipinski definition) is 2. The van der Waals surface area contributed by atoms with Crippen LogP contribution in [0.4, 0.5) is 13.2 Å². The number of aromatic amines is 1. The number of halogens is 3. The highest BCUT2D eigenvalue weighted by Gasteiger charge is 2.28. The first-order valence-corrected chi connectivity index (χ1v) is 3.22. The van der Waals surface area contributed by atoms with Crippen molar-refractivity contribution in [2.45, 2.75) is 19.2 Å². The van der Waals surface area contributed by atoms with E-state index < -0.39 is 12.6 Å². The lowest BCUT2D eigenvalue weighted by molar-refractivity contribution is -0.127. The van der Waals surface area contributed by atoms with Gasteiger partial charge in [-0.1, -0.05) is 0 Å². The molecule has 0 aliphatic rings. The number of alkyl halides is 3. The third kappa shape index (κ3) is 2.54. The molecule has 0 unspecified atom stereocenters. The SMILES string of the molecule is OCc1cc(CC(F)(F)F)n[nH]1. The maximum Gasteiger partial charge on any atom is 0.394 e. The van der Waals surface area contributed by atoms with Crippen LogP contribution in [-0.4, -0.2) is 21.5 Å². The zero-order chi connectivity index (χ0) is 9.19. The Bertz CT molecular complexity index is 256. The standard InChI is InChI=1S/C6H7F3N2O/c7-6(8,9)2-4-1-5(3-12)11-10-4/h1,12H,2-3H2,(H,10,11). The molecule has 0 radical (unpaired) electrons. The second-order valence-electron chi connectivity index (χ2n) is 2.33. The fraction of sp³-hybridized carbons (Fsp3) is 0.500. The maximum absolute atomic E-state index is 11.7. The normalized spacial score (nSPS) is 12.0. The van der Waals surface area contributed by atoms with Gasteiger partial charge in [-0.25, -0.2) is 0 Å². The van der Waals surface area contributed by atoms with Crippen molar-refractivity contribution in [3.8, 4) is 0 Å². The molecule has 0 amide bonds. The van der Waals surface area contributed by atoms with Gasteiger partial charge < -0.3 is 5.11 Å². The fourth-order valence-corrected chi connectivity index (χ4v) is 0.786. The molecular weight excluding hydrogens is 173 g/mol. The van der Waals surface area contributed by atoms with Gasteiger partial charge in [0.15, 0.2) is 0 Å². The summed E-state index contributed by atoms with van der Waals surface area (Å²) < 4.78 is 35.2. The van der Waals surface area contributed by atoms with E-state index in [0.717, 1.165) is 0 Å². The van der Waals surface area contributed by atoms with Crippen molar-refractivity contribution in [1.82, 2.24) is 10.2 Å². The summed E-state index contributed by atoms with van der Waals surface area (Å²) in [6, 6.07) is 1.19. The Hall–Kier alpha value is -1.04. The van der Waals surface area contributed by atoms with E-state index in [2.05, 4.69) is 10.2 Å². The minimum absolute atomic E-state index is 0.105. The molecule has 0 saturated carbocycles. The average molecular weight is 180 g/mol. The van der Waals surface area contributed by atoms with Gasteiger partial charge in [0.25, 0.3) is 0 Å². The van der Waals surface area contributed by atoms with Crippen molar-refractivity contribution in [3.63, 3.8) is 0 Å². The lowest BCUT2D eigenvalue weighted by atomic mass is 10.3. The molecule has 0 bridgehead atoms. The summed E-state index contributed by atoms with van der Waals surface area (Å²) in [5.74, 6) is 0. The first-order chi connectivity index (χ1) is 5.51. The molecule has 0 fully saturated rings. The van der Waals surface area contributed by atoms with E-state index in [-0.39, 0.29) is 18.0 Å². The minimum Gasteiger partial charge on any atom is -0.390 e. The highest BCUT2D eigenvalue weighted by atomic mass is 19.4. The second kappa shape index (κ2) is 3.14. The largest absolute Gasteiger partial charge is 0.394 e. The Balaban J connectivity index is 2.64. The number of H-pyrrole nitrogens is 1. The molecule has 1 rings (SSSR count). The van der Waals surface area contributed by atoms with Crippen molar-refractivity contribution in [1.29, 1.82) is 0 Å². The summed E-state index contributed by atoms with van der Waals surface area (Å²) in [7, 11) is 0. The number of aromatic nitrogens is 2. The second-order valence-corrected chi connectivity index (χ2v) is 2.33. The van der Waals surface area contributed by atoms with Crippen LogP contribution in [0.25, 0.3) is 0 Å². The Labute approximate surface area is 66.2 Å². The summed E-state index contributed by atoms with van der Waals surface area (Å²) in [6.45, 7) is -0.329. The van der Waals surface area contributed by atoms with Crippen molar-refractivity contribution >= 4 is 0 Å². The zero-order valence-electron chi connectivity index (χ0n) is 6.02. The van der Waals surface area contributed by atoms with Gasteiger partial charge in [0.2, 0.25) is 0 Å². The average Bonchev–Trinajstić information content (AvgIpc) is 2.32. The quantitative estimate of drug-likeness (QED) is 0.713. The smallest absolute Gasteiger partial charge is 0.390 e. The predicted octanol–water partition coefficient (Wildman–Crippen LogP) is 1.01. The highest BCUT2D eigenvalue weighted by molar-refractivity contribution is 5.08. The van der Waals surface area contributed by atoms with E-state index >= 15 is 0 Å². The number of nitrogens with zero attached hydrogens (tertiary/aromatic N) is 1.